The second-order valence-corrected chi connectivity index (χ2v) is 4.98. The molecule has 2 rings (SSSR count). The van der Waals surface area contributed by atoms with Gasteiger partial charge in [-0.15, -0.1) is 0 Å². The predicted octanol–water partition coefficient (Wildman–Crippen LogP) is -0.423. The quantitative estimate of drug-likeness (QED) is 0.470. The predicted molar refractivity (Wildman–Crippen MR) is 78.5 cm³/mol. The maximum atomic E-state index is 11.5. The van der Waals surface area contributed by atoms with E-state index in [-0.39, 0.29) is 61.7 Å². The number of carboxylic acid groups (broad SMARTS) is 2. The molecule has 108 valence electrons. The van der Waals surface area contributed by atoms with Gasteiger partial charge in [-0.05, 0) is 24.0 Å². The summed E-state index contributed by atoms with van der Waals surface area (Å²) in [5.74, 6) is -3.26. The fourth-order valence-electron chi connectivity index (χ4n) is 2.32. The summed E-state index contributed by atoms with van der Waals surface area (Å²) >= 11 is 0. The molecule has 0 heterocycles. The first-order chi connectivity index (χ1) is 10.0. The van der Waals surface area contributed by atoms with E-state index >= 15 is 0 Å². The third-order valence-electron chi connectivity index (χ3n) is 3.48. The molecule has 0 aromatic heterocycles. The van der Waals surface area contributed by atoms with Crippen LogP contribution in [0.25, 0.3) is 0 Å². The van der Waals surface area contributed by atoms with Crippen LogP contribution in [0, 0.1) is 5.41 Å². The van der Waals surface area contributed by atoms with Gasteiger partial charge in [-0.2, -0.15) is 0 Å². The van der Waals surface area contributed by atoms with Gasteiger partial charge < -0.3 is 19.8 Å². The molecule has 5 heteroatoms. The number of hydrogen-bond donors (Lipinski definition) is 0. The zero-order chi connectivity index (χ0) is 15.3. The zero-order valence-electron chi connectivity index (χ0n) is 12.0. The van der Waals surface area contributed by atoms with E-state index in [0.717, 1.165) is 0 Å². The summed E-state index contributed by atoms with van der Waals surface area (Å²) < 4.78 is 0. The minimum Gasteiger partial charge on any atom is -0.549 e. The van der Waals surface area contributed by atoms with Gasteiger partial charge in [-0.3, -0.25) is 0 Å². The summed E-state index contributed by atoms with van der Waals surface area (Å²) in [6.07, 6.45) is -0.346. The molecule has 0 atom stereocenters. The van der Waals surface area contributed by atoms with Gasteiger partial charge in [0.05, 0.1) is 17.4 Å². The van der Waals surface area contributed by atoms with E-state index < -0.39 is 17.4 Å². The zero-order valence-corrected chi connectivity index (χ0v) is 16.5. The Morgan fingerprint density at radius 3 is 1.32 bits per heavy atom. The summed E-state index contributed by atoms with van der Waals surface area (Å²) in [4.78, 5) is 23.1. The Bertz CT molecular complexity index is 568. The summed E-state index contributed by atoms with van der Waals surface area (Å²) in [5, 5.41) is 23.1. The monoisotopic (exact) mass is 420 g/mol. The second-order valence-electron chi connectivity index (χ2n) is 4.98. The maximum Gasteiger partial charge on any atom is 2.00 e. The number of hydrogen-bond acceptors (Lipinski definition) is 4. The van der Waals surface area contributed by atoms with Crippen molar-refractivity contribution in [2.24, 2.45) is 5.41 Å². The van der Waals surface area contributed by atoms with Crippen molar-refractivity contribution in [3.05, 3.63) is 71.8 Å². The van der Waals surface area contributed by atoms with E-state index in [4.69, 9.17) is 0 Å². The third-order valence-corrected chi connectivity index (χ3v) is 3.48. The molecule has 0 N–H and O–H groups in total. The fraction of sp³-hybridized carbons (Fsp3) is 0.176. The van der Waals surface area contributed by atoms with E-state index in [1.165, 1.54) is 0 Å². The number of carbonyl (C=O) groups excluding carboxylic acids is 2. The van der Waals surface area contributed by atoms with Crippen LogP contribution in [0.2, 0.25) is 0 Å². The Morgan fingerprint density at radius 2 is 1.05 bits per heavy atom. The summed E-state index contributed by atoms with van der Waals surface area (Å²) in [6.45, 7) is 0. The summed E-state index contributed by atoms with van der Waals surface area (Å²) in [5.41, 5.74) is -0.855. The van der Waals surface area contributed by atoms with Crippen LogP contribution in [0.5, 0.6) is 0 Å². The number of carbonyl (C=O) groups is 2. The van der Waals surface area contributed by atoms with Crippen LogP contribution < -0.4 is 10.2 Å². The molecule has 0 aliphatic carbocycles. The van der Waals surface area contributed by atoms with Gasteiger partial charge in [0.2, 0.25) is 0 Å². The van der Waals surface area contributed by atoms with Gasteiger partial charge in [0, 0.05) is 0 Å². The number of carboxylic acids is 2. The largest absolute Gasteiger partial charge is 2.00 e. The first kappa shape index (κ1) is 19.0. The number of rotatable bonds is 6. The van der Waals surface area contributed by atoms with E-state index in [2.05, 4.69) is 0 Å². The van der Waals surface area contributed by atoms with Crippen molar-refractivity contribution in [1.29, 1.82) is 0 Å². The van der Waals surface area contributed by atoms with Crippen molar-refractivity contribution in [2.45, 2.75) is 12.8 Å². The molecule has 0 saturated carbocycles. The standard InChI is InChI=1S/C17H16O4.Ba/c18-15(19)17(16(20)21,11-13-7-3-1-4-8-13)12-14-9-5-2-6-10-14;/h1-10H,11-12H2,(H,18,19)(H,20,21);/q;+2/p-2. The van der Waals surface area contributed by atoms with Crippen molar-refractivity contribution in [2.75, 3.05) is 0 Å². The van der Waals surface area contributed by atoms with Gasteiger partial charge in [0.25, 0.3) is 0 Å². The van der Waals surface area contributed by atoms with Crippen LogP contribution in [0.1, 0.15) is 11.1 Å². The molecule has 0 fully saturated rings. The van der Waals surface area contributed by atoms with Crippen LogP contribution in [0.4, 0.5) is 0 Å². The van der Waals surface area contributed by atoms with Crippen molar-refractivity contribution in [3.63, 3.8) is 0 Å². The van der Waals surface area contributed by atoms with Crippen molar-refractivity contribution >= 4 is 60.8 Å². The van der Waals surface area contributed by atoms with Crippen LogP contribution in [-0.2, 0) is 22.4 Å². The molecule has 4 nitrogen and oxygen atoms in total. The average molecular weight is 420 g/mol. The van der Waals surface area contributed by atoms with Crippen LogP contribution >= 0.6 is 0 Å². The minimum atomic E-state index is -2.08. The Balaban J connectivity index is 0.00000242. The molecule has 0 saturated heterocycles. The SMILES string of the molecule is O=C([O-])C(Cc1ccccc1)(Cc1ccccc1)C(=O)[O-].[Ba+2]. The number of aliphatic carboxylic acids is 2. The van der Waals surface area contributed by atoms with Gasteiger partial charge in [-0.25, -0.2) is 0 Å². The van der Waals surface area contributed by atoms with E-state index in [1.54, 1.807) is 60.7 Å². The molecule has 0 bridgehead atoms. The van der Waals surface area contributed by atoms with Crippen LogP contribution in [-0.4, -0.2) is 60.8 Å². The molecular weight excluding hydrogens is 406 g/mol. The van der Waals surface area contributed by atoms with Gasteiger partial charge >= 0.3 is 48.9 Å². The fourth-order valence-corrected chi connectivity index (χ4v) is 2.32. The van der Waals surface area contributed by atoms with E-state index in [1.807, 2.05) is 0 Å². The molecule has 2 aromatic carbocycles. The molecular formula is C17H14BaO4. The molecule has 22 heavy (non-hydrogen) atoms. The number of benzene rings is 2. The van der Waals surface area contributed by atoms with Gasteiger partial charge in [0.1, 0.15) is 0 Å². The second kappa shape index (κ2) is 8.55. The van der Waals surface area contributed by atoms with Gasteiger partial charge in [-0.1, -0.05) is 60.7 Å². The van der Waals surface area contributed by atoms with Crippen molar-refractivity contribution in [3.8, 4) is 0 Å². The summed E-state index contributed by atoms with van der Waals surface area (Å²) in [7, 11) is 0. The molecule has 0 spiro atoms. The molecule has 0 aliphatic heterocycles. The molecule has 0 aliphatic rings. The Hall–Kier alpha value is -1.05. The van der Waals surface area contributed by atoms with Crippen LogP contribution in [0.3, 0.4) is 0 Å². The molecule has 2 aromatic rings. The van der Waals surface area contributed by atoms with Crippen LogP contribution in [0.15, 0.2) is 60.7 Å². The topological polar surface area (TPSA) is 80.3 Å². The molecule has 0 radical (unpaired) electrons. The first-order valence-electron chi connectivity index (χ1n) is 6.55. The maximum absolute atomic E-state index is 11.5. The smallest absolute Gasteiger partial charge is 0.549 e. The minimum absolute atomic E-state index is 0. The average Bonchev–Trinajstić information content (AvgIpc) is 2.48. The molecule has 0 unspecified atom stereocenters. The van der Waals surface area contributed by atoms with Crippen molar-refractivity contribution < 1.29 is 19.8 Å². The normalized spacial score (nSPS) is 10.5. The van der Waals surface area contributed by atoms with Gasteiger partial charge in [0.15, 0.2) is 0 Å². The Morgan fingerprint density at radius 1 is 0.727 bits per heavy atom. The first-order valence-corrected chi connectivity index (χ1v) is 6.55. The van der Waals surface area contributed by atoms with E-state index in [9.17, 15) is 19.8 Å². The van der Waals surface area contributed by atoms with Crippen molar-refractivity contribution in [1.82, 2.24) is 0 Å². The Labute approximate surface area is 169 Å². The van der Waals surface area contributed by atoms with E-state index in [0.29, 0.717) is 11.1 Å². The summed E-state index contributed by atoms with van der Waals surface area (Å²) in [6, 6.07) is 17.2. The third kappa shape index (κ3) is 4.47. The molecule has 0 amide bonds. The Kier molecular flexibility index (Phi) is 7.38.